The average molecular weight is 523 g/mol. The van der Waals surface area contributed by atoms with Crippen molar-refractivity contribution in [2.75, 3.05) is 19.3 Å². The van der Waals surface area contributed by atoms with Crippen LogP contribution in [0.25, 0.3) is 22.4 Å². The highest BCUT2D eigenvalue weighted by Crippen LogP contribution is 2.43. The maximum atomic E-state index is 15.5. The Morgan fingerprint density at radius 2 is 1.59 bits per heavy atom. The summed E-state index contributed by atoms with van der Waals surface area (Å²) in [7, 11) is -3.27. The summed E-state index contributed by atoms with van der Waals surface area (Å²) in [5.41, 5.74) is 3.20. The third-order valence-corrected chi connectivity index (χ3v) is 10.3. The second-order valence-corrected chi connectivity index (χ2v) is 13.8. The second-order valence-electron chi connectivity index (χ2n) is 11.8. The van der Waals surface area contributed by atoms with Crippen LogP contribution in [0.15, 0.2) is 41.3 Å². The van der Waals surface area contributed by atoms with Crippen LogP contribution in [0.5, 0.6) is 0 Å². The molecule has 4 fully saturated rings. The van der Waals surface area contributed by atoms with Crippen molar-refractivity contribution < 1.29 is 12.8 Å². The molecule has 37 heavy (non-hydrogen) atoms. The zero-order valence-corrected chi connectivity index (χ0v) is 22.2. The molecule has 2 bridgehead atoms. The molecule has 1 aromatic heterocycles. The lowest BCUT2D eigenvalue weighted by molar-refractivity contribution is 0.111. The molecule has 7 rings (SSSR count). The minimum atomic E-state index is -3.27. The minimum absolute atomic E-state index is 0.252. The number of sulfone groups is 1. The van der Waals surface area contributed by atoms with Gasteiger partial charge in [0.25, 0.3) is 0 Å². The second kappa shape index (κ2) is 8.89. The molecule has 3 saturated heterocycles. The largest absolute Gasteiger partial charge is 0.321 e. The van der Waals surface area contributed by atoms with E-state index in [0.717, 1.165) is 61.2 Å². The van der Waals surface area contributed by atoms with Crippen LogP contribution >= 0.6 is 0 Å². The fourth-order valence-electron chi connectivity index (χ4n) is 7.09. The minimum Gasteiger partial charge on any atom is -0.321 e. The van der Waals surface area contributed by atoms with Crippen LogP contribution in [-0.4, -0.2) is 60.3 Å². The summed E-state index contributed by atoms with van der Waals surface area (Å²) in [5, 5.41) is 3.76. The van der Waals surface area contributed by atoms with Crippen LogP contribution in [0.2, 0.25) is 0 Å². The van der Waals surface area contributed by atoms with Gasteiger partial charge in [-0.25, -0.2) is 17.8 Å². The molecule has 2 aromatic carbocycles. The summed E-state index contributed by atoms with van der Waals surface area (Å²) in [4.78, 5) is 7.72. The van der Waals surface area contributed by atoms with E-state index in [1.54, 1.807) is 30.3 Å². The molecular weight excluding hydrogens is 487 g/mol. The molecule has 3 aromatic rings. The van der Waals surface area contributed by atoms with Crippen molar-refractivity contribution in [2.45, 2.75) is 86.3 Å². The van der Waals surface area contributed by atoms with Gasteiger partial charge in [-0.1, -0.05) is 0 Å². The lowest BCUT2D eigenvalue weighted by Gasteiger charge is -2.41. The summed E-state index contributed by atoms with van der Waals surface area (Å²) < 4.78 is 41.5. The first kappa shape index (κ1) is 23.8. The fraction of sp³-hybridized carbons (Fsp3) is 0.552. The van der Waals surface area contributed by atoms with Gasteiger partial charge >= 0.3 is 0 Å². The molecule has 1 N–H and O–H groups in total. The highest BCUT2D eigenvalue weighted by Gasteiger charge is 2.37. The van der Waals surface area contributed by atoms with E-state index in [2.05, 4.69) is 20.9 Å². The SMILES string of the molecule is CS(=O)(=O)c1ccc(-c2nc3c(F)cc(C4CCN(C5CC6CCC(C5)N6)CC4)cc3n2C2CC2)cc1. The van der Waals surface area contributed by atoms with Crippen LogP contribution in [0, 0.1) is 5.82 Å². The summed E-state index contributed by atoms with van der Waals surface area (Å²) in [5.74, 6) is 0.843. The van der Waals surface area contributed by atoms with Crippen molar-refractivity contribution in [2.24, 2.45) is 0 Å². The Balaban J connectivity index is 1.16. The average Bonchev–Trinajstić information content (AvgIpc) is 3.57. The topological polar surface area (TPSA) is 67.2 Å². The maximum absolute atomic E-state index is 15.5. The van der Waals surface area contributed by atoms with Crippen molar-refractivity contribution in [1.29, 1.82) is 0 Å². The summed E-state index contributed by atoms with van der Waals surface area (Å²) in [6, 6.07) is 13.1. The molecule has 3 aliphatic heterocycles. The Kier molecular flexibility index (Phi) is 5.72. The normalized spacial score (nSPS) is 27.2. The number of nitrogens with one attached hydrogen (secondary N) is 1. The number of rotatable bonds is 5. The van der Waals surface area contributed by atoms with Gasteiger partial charge in [-0.2, -0.15) is 0 Å². The van der Waals surface area contributed by atoms with Crippen LogP contribution in [0.3, 0.4) is 0 Å². The van der Waals surface area contributed by atoms with Gasteiger partial charge in [0.15, 0.2) is 15.7 Å². The monoisotopic (exact) mass is 522 g/mol. The van der Waals surface area contributed by atoms with Crippen LogP contribution in [0.1, 0.15) is 68.9 Å². The van der Waals surface area contributed by atoms with Gasteiger partial charge in [0.1, 0.15) is 11.3 Å². The van der Waals surface area contributed by atoms with Crippen LogP contribution < -0.4 is 5.32 Å². The van der Waals surface area contributed by atoms with E-state index in [4.69, 9.17) is 4.98 Å². The van der Waals surface area contributed by atoms with E-state index in [9.17, 15) is 8.42 Å². The van der Waals surface area contributed by atoms with Gasteiger partial charge in [-0.3, -0.25) is 0 Å². The third-order valence-electron chi connectivity index (χ3n) is 9.19. The molecule has 4 aliphatic rings. The van der Waals surface area contributed by atoms with Crippen molar-refractivity contribution in [3.05, 3.63) is 47.8 Å². The predicted molar refractivity (Wildman–Crippen MR) is 143 cm³/mol. The predicted octanol–water partition coefficient (Wildman–Crippen LogP) is 5.04. The smallest absolute Gasteiger partial charge is 0.175 e. The van der Waals surface area contributed by atoms with Crippen molar-refractivity contribution in [3.8, 4) is 11.4 Å². The molecule has 1 saturated carbocycles. The molecule has 2 unspecified atom stereocenters. The summed E-state index contributed by atoms with van der Waals surface area (Å²) in [6.07, 6.45) is 10.7. The molecule has 6 nitrogen and oxygen atoms in total. The number of nitrogens with zero attached hydrogens (tertiary/aromatic N) is 3. The number of likely N-dealkylation sites (tertiary alicyclic amines) is 1. The molecule has 4 heterocycles. The number of imidazole rings is 1. The van der Waals surface area contributed by atoms with E-state index in [1.807, 2.05) is 0 Å². The number of fused-ring (bicyclic) bond motifs is 3. The number of hydrogen-bond donors (Lipinski definition) is 1. The first-order valence-corrected chi connectivity index (χ1v) is 15.7. The molecule has 196 valence electrons. The molecule has 0 radical (unpaired) electrons. The quantitative estimate of drug-likeness (QED) is 0.508. The Hall–Kier alpha value is -2.29. The van der Waals surface area contributed by atoms with Gasteiger partial charge in [0.2, 0.25) is 0 Å². The van der Waals surface area contributed by atoms with Crippen molar-refractivity contribution in [3.63, 3.8) is 0 Å². The van der Waals surface area contributed by atoms with E-state index >= 15 is 4.39 Å². The Labute approximate surface area is 218 Å². The maximum Gasteiger partial charge on any atom is 0.175 e. The van der Waals surface area contributed by atoms with Crippen LogP contribution in [-0.2, 0) is 9.84 Å². The number of piperidine rings is 2. The number of halogens is 1. The lowest BCUT2D eigenvalue weighted by atomic mass is 9.87. The molecule has 0 amide bonds. The number of hydrogen-bond acceptors (Lipinski definition) is 5. The molecule has 1 aliphatic carbocycles. The molecule has 8 heteroatoms. The molecule has 0 spiro atoms. The fourth-order valence-corrected chi connectivity index (χ4v) is 7.72. The first-order chi connectivity index (χ1) is 17.8. The third kappa shape index (κ3) is 4.41. The van der Waals surface area contributed by atoms with Gasteiger partial charge in [-0.05, 0) is 112 Å². The lowest BCUT2D eigenvalue weighted by Crippen LogP contribution is -2.50. The first-order valence-electron chi connectivity index (χ1n) is 13.9. The Morgan fingerprint density at radius 1 is 0.919 bits per heavy atom. The number of aromatic nitrogens is 2. The highest BCUT2D eigenvalue weighted by atomic mass is 32.2. The summed E-state index contributed by atoms with van der Waals surface area (Å²) in [6.45, 7) is 2.18. The van der Waals surface area contributed by atoms with Gasteiger partial charge in [0.05, 0.1) is 10.4 Å². The van der Waals surface area contributed by atoms with Crippen molar-refractivity contribution in [1.82, 2.24) is 19.8 Å². The van der Waals surface area contributed by atoms with Gasteiger partial charge in [-0.15, -0.1) is 0 Å². The van der Waals surface area contributed by atoms with E-state index in [0.29, 0.717) is 35.6 Å². The van der Waals surface area contributed by atoms with Crippen molar-refractivity contribution >= 4 is 20.9 Å². The molecule has 2 atom stereocenters. The van der Waals surface area contributed by atoms with E-state index in [1.165, 1.54) is 31.9 Å². The Bertz CT molecular complexity index is 1430. The standard InChI is InChI=1S/C29H35FN4O2S/c1-37(35,36)25-8-2-19(3-9-25)29-32-28-26(30)14-20(15-27(28)34(29)23-6-7-23)18-10-12-33(13-11-18)24-16-21-4-5-22(17-24)31-21/h2-3,8-9,14-15,18,21-24,31H,4-7,10-13,16-17H2,1H3. The zero-order valence-electron chi connectivity index (χ0n) is 21.4. The molecular formula is C29H35FN4O2S. The van der Waals surface area contributed by atoms with E-state index < -0.39 is 9.84 Å². The van der Waals surface area contributed by atoms with E-state index in [-0.39, 0.29) is 10.7 Å². The number of benzene rings is 2. The zero-order chi connectivity index (χ0) is 25.3. The Morgan fingerprint density at radius 3 is 2.22 bits per heavy atom. The highest BCUT2D eigenvalue weighted by molar-refractivity contribution is 7.90. The van der Waals surface area contributed by atoms with Gasteiger partial charge < -0.3 is 14.8 Å². The van der Waals surface area contributed by atoms with Gasteiger partial charge in [0, 0.05) is 36.0 Å². The van der Waals surface area contributed by atoms with Crippen LogP contribution in [0.4, 0.5) is 4.39 Å². The summed E-state index contributed by atoms with van der Waals surface area (Å²) >= 11 is 0.